The number of carbonyl (C=O) groups excluding carboxylic acids is 1. The second-order valence-corrected chi connectivity index (χ2v) is 6.53. The summed E-state index contributed by atoms with van der Waals surface area (Å²) in [6, 6.07) is 6.48. The van der Waals surface area contributed by atoms with E-state index in [4.69, 9.17) is 4.74 Å². The molecule has 150 valence electrons. The molecule has 3 aromatic rings. The molecule has 2 aromatic heterocycles. The van der Waals surface area contributed by atoms with Gasteiger partial charge in [0.2, 0.25) is 0 Å². The van der Waals surface area contributed by atoms with Crippen LogP contribution in [0.1, 0.15) is 21.6 Å². The molecule has 0 saturated heterocycles. The zero-order valence-corrected chi connectivity index (χ0v) is 15.0. The molecular formula is C19H14F4N4O2. The Labute approximate surface area is 162 Å². The van der Waals surface area contributed by atoms with Crippen LogP contribution in [0.15, 0.2) is 36.5 Å². The average Bonchev–Trinajstić information content (AvgIpc) is 3.23. The van der Waals surface area contributed by atoms with Crippen molar-refractivity contribution in [1.29, 1.82) is 0 Å². The number of fused-ring (bicyclic) bond motifs is 1. The van der Waals surface area contributed by atoms with Gasteiger partial charge in [-0.15, -0.1) is 0 Å². The summed E-state index contributed by atoms with van der Waals surface area (Å²) >= 11 is 0. The summed E-state index contributed by atoms with van der Waals surface area (Å²) in [5.74, 6) is -0.940. The molecule has 1 amide bonds. The minimum atomic E-state index is -4.58. The average molecular weight is 406 g/mol. The molecule has 0 spiro atoms. The van der Waals surface area contributed by atoms with Crippen LogP contribution < -0.4 is 9.64 Å². The number of aryl methyl sites for hydroxylation is 1. The standard InChI is InChI=1S/C19H14F4N4O2/c1-10-6-16(26-25-10)27-8-14-12(18(27)28)4-5-24-17(14)13-3-2-11(20)7-15(13)29-9-19(21,22)23/h2-7H,8-9H2,1H3,(H,25,26). The number of nitrogens with one attached hydrogen (secondary N) is 1. The Hall–Kier alpha value is -3.43. The summed E-state index contributed by atoms with van der Waals surface area (Å²) in [5, 5.41) is 6.84. The van der Waals surface area contributed by atoms with Crippen LogP contribution in [0, 0.1) is 12.7 Å². The molecule has 0 atom stereocenters. The van der Waals surface area contributed by atoms with Gasteiger partial charge in [0.15, 0.2) is 12.4 Å². The summed E-state index contributed by atoms with van der Waals surface area (Å²) in [6.07, 6.45) is -3.21. The van der Waals surface area contributed by atoms with Crippen molar-refractivity contribution in [3.05, 3.63) is 59.2 Å². The summed E-state index contributed by atoms with van der Waals surface area (Å²) in [6.45, 7) is 0.341. The fourth-order valence-electron chi connectivity index (χ4n) is 3.16. The molecule has 0 saturated carbocycles. The lowest BCUT2D eigenvalue weighted by Gasteiger charge is -2.15. The van der Waals surface area contributed by atoms with E-state index >= 15 is 0 Å². The molecule has 1 N–H and O–H groups in total. The SMILES string of the molecule is Cc1cc(N2Cc3c(ccnc3-c3ccc(F)cc3OCC(F)(F)F)C2=O)n[nH]1. The van der Waals surface area contributed by atoms with Crippen molar-refractivity contribution >= 4 is 11.7 Å². The van der Waals surface area contributed by atoms with Crippen LogP contribution in [0.4, 0.5) is 23.4 Å². The van der Waals surface area contributed by atoms with Gasteiger partial charge in [-0.25, -0.2) is 4.39 Å². The highest BCUT2D eigenvalue weighted by atomic mass is 19.4. The summed E-state index contributed by atoms with van der Waals surface area (Å²) in [4.78, 5) is 18.5. The number of carbonyl (C=O) groups is 1. The molecule has 29 heavy (non-hydrogen) atoms. The van der Waals surface area contributed by atoms with E-state index in [-0.39, 0.29) is 29.5 Å². The van der Waals surface area contributed by atoms with Gasteiger partial charge < -0.3 is 4.74 Å². The van der Waals surface area contributed by atoms with Crippen LogP contribution in [0.3, 0.4) is 0 Å². The van der Waals surface area contributed by atoms with Crippen LogP contribution in [-0.4, -0.2) is 33.9 Å². The Balaban J connectivity index is 1.75. The number of pyridine rings is 1. The zero-order valence-electron chi connectivity index (χ0n) is 15.0. The minimum Gasteiger partial charge on any atom is -0.483 e. The number of hydrogen-bond donors (Lipinski definition) is 1. The maximum Gasteiger partial charge on any atom is 0.422 e. The van der Waals surface area contributed by atoms with Crippen molar-refractivity contribution in [2.24, 2.45) is 0 Å². The first-order valence-corrected chi connectivity index (χ1v) is 8.54. The Morgan fingerprint density at radius 1 is 1.21 bits per heavy atom. The smallest absolute Gasteiger partial charge is 0.422 e. The van der Waals surface area contributed by atoms with E-state index < -0.39 is 18.6 Å². The molecule has 0 radical (unpaired) electrons. The predicted octanol–water partition coefficient (Wildman–Crippen LogP) is 4.02. The first-order valence-electron chi connectivity index (χ1n) is 8.54. The van der Waals surface area contributed by atoms with E-state index in [1.807, 2.05) is 0 Å². The second-order valence-electron chi connectivity index (χ2n) is 6.53. The van der Waals surface area contributed by atoms with E-state index in [1.54, 1.807) is 13.0 Å². The first kappa shape index (κ1) is 18.9. The van der Waals surface area contributed by atoms with E-state index in [2.05, 4.69) is 15.2 Å². The fraction of sp³-hybridized carbons (Fsp3) is 0.211. The van der Waals surface area contributed by atoms with Crippen LogP contribution in [0.25, 0.3) is 11.3 Å². The third-order valence-electron chi connectivity index (χ3n) is 4.41. The molecule has 1 aliphatic rings. The third kappa shape index (κ3) is 3.65. The monoisotopic (exact) mass is 406 g/mol. The van der Waals surface area contributed by atoms with Gasteiger partial charge in [-0.2, -0.15) is 18.3 Å². The van der Waals surface area contributed by atoms with Gasteiger partial charge in [-0.3, -0.25) is 19.8 Å². The Morgan fingerprint density at radius 2 is 2.00 bits per heavy atom. The molecule has 0 bridgehead atoms. The summed E-state index contributed by atoms with van der Waals surface area (Å²) in [7, 11) is 0. The van der Waals surface area contributed by atoms with Gasteiger partial charge >= 0.3 is 6.18 Å². The highest BCUT2D eigenvalue weighted by Gasteiger charge is 2.34. The molecule has 3 heterocycles. The van der Waals surface area contributed by atoms with Crippen molar-refractivity contribution in [1.82, 2.24) is 15.2 Å². The number of alkyl halides is 3. The zero-order chi connectivity index (χ0) is 20.8. The number of hydrogen-bond acceptors (Lipinski definition) is 4. The molecule has 0 unspecified atom stereocenters. The number of benzene rings is 1. The highest BCUT2D eigenvalue weighted by molar-refractivity contribution is 6.10. The van der Waals surface area contributed by atoms with Crippen LogP contribution in [-0.2, 0) is 6.54 Å². The summed E-state index contributed by atoms with van der Waals surface area (Å²) in [5.41, 5.74) is 2.04. The highest BCUT2D eigenvalue weighted by Crippen LogP contribution is 2.38. The first-order chi connectivity index (χ1) is 13.7. The molecule has 4 rings (SSSR count). The maximum absolute atomic E-state index is 13.6. The molecular weight excluding hydrogens is 392 g/mol. The molecule has 1 aromatic carbocycles. The maximum atomic E-state index is 13.6. The van der Waals surface area contributed by atoms with Crippen molar-refractivity contribution in [2.45, 2.75) is 19.6 Å². The van der Waals surface area contributed by atoms with E-state index in [9.17, 15) is 22.4 Å². The number of amides is 1. The van der Waals surface area contributed by atoms with E-state index in [0.29, 0.717) is 16.9 Å². The number of nitrogens with zero attached hydrogens (tertiary/aromatic N) is 3. The number of H-pyrrole nitrogens is 1. The van der Waals surface area contributed by atoms with Crippen molar-refractivity contribution in [3.63, 3.8) is 0 Å². The molecule has 10 heteroatoms. The van der Waals surface area contributed by atoms with Crippen LogP contribution >= 0.6 is 0 Å². The number of rotatable bonds is 4. The van der Waals surface area contributed by atoms with Gasteiger partial charge in [-0.1, -0.05) is 0 Å². The molecule has 1 aliphatic heterocycles. The minimum absolute atomic E-state index is 0.123. The van der Waals surface area contributed by atoms with Crippen LogP contribution in [0.2, 0.25) is 0 Å². The lowest BCUT2D eigenvalue weighted by atomic mass is 10.0. The Morgan fingerprint density at radius 3 is 2.69 bits per heavy atom. The topological polar surface area (TPSA) is 71.1 Å². The van der Waals surface area contributed by atoms with E-state index in [0.717, 1.165) is 17.8 Å². The van der Waals surface area contributed by atoms with Gasteiger partial charge in [0.25, 0.3) is 5.91 Å². The van der Waals surface area contributed by atoms with Crippen molar-refractivity contribution in [2.75, 3.05) is 11.5 Å². The number of ether oxygens (including phenoxy) is 1. The van der Waals surface area contributed by atoms with E-state index in [1.165, 1.54) is 23.2 Å². The lowest BCUT2D eigenvalue weighted by molar-refractivity contribution is -0.153. The third-order valence-corrected chi connectivity index (χ3v) is 4.41. The summed E-state index contributed by atoms with van der Waals surface area (Å²) < 4.78 is 56.2. The quantitative estimate of drug-likeness (QED) is 0.665. The van der Waals surface area contributed by atoms with Gasteiger partial charge in [0.1, 0.15) is 11.6 Å². The van der Waals surface area contributed by atoms with Gasteiger partial charge in [-0.05, 0) is 25.1 Å². The predicted molar refractivity (Wildman–Crippen MR) is 95.0 cm³/mol. The molecule has 6 nitrogen and oxygen atoms in total. The van der Waals surface area contributed by atoms with Gasteiger partial charge in [0.05, 0.1) is 12.2 Å². The van der Waals surface area contributed by atoms with Crippen molar-refractivity contribution in [3.8, 4) is 17.0 Å². The number of halogens is 4. The Bertz CT molecular complexity index is 1090. The fourth-order valence-corrected chi connectivity index (χ4v) is 3.16. The molecule has 0 fully saturated rings. The van der Waals surface area contributed by atoms with Crippen LogP contribution in [0.5, 0.6) is 5.75 Å². The van der Waals surface area contributed by atoms with Gasteiger partial charge in [0, 0.05) is 40.7 Å². The Kier molecular flexibility index (Phi) is 4.48. The molecule has 0 aliphatic carbocycles. The second kappa shape index (κ2) is 6.87. The lowest BCUT2D eigenvalue weighted by Crippen LogP contribution is -2.23. The number of aromatic nitrogens is 3. The normalized spacial score (nSPS) is 13.7. The van der Waals surface area contributed by atoms with Crippen molar-refractivity contribution < 1.29 is 27.1 Å². The number of anilines is 1. The number of aromatic amines is 1. The largest absolute Gasteiger partial charge is 0.483 e.